The number of ether oxygens (including phenoxy) is 2. The van der Waals surface area contributed by atoms with Crippen LogP contribution in [0.1, 0.15) is 19.8 Å². The Kier molecular flexibility index (Phi) is 1.47. The maximum Gasteiger partial charge on any atom is 0.410 e. The summed E-state index contributed by atoms with van der Waals surface area (Å²) >= 11 is 0. The van der Waals surface area contributed by atoms with Gasteiger partial charge in [0.2, 0.25) is 0 Å². The Balaban J connectivity index is 1.61. The Hall–Kier alpha value is -0.810. The first-order valence-electron chi connectivity index (χ1n) is 6.00. The van der Waals surface area contributed by atoms with Crippen LogP contribution < -0.4 is 0 Å². The third-order valence-electron chi connectivity index (χ3n) is 4.65. The van der Waals surface area contributed by atoms with Crippen molar-refractivity contribution in [1.29, 1.82) is 0 Å². The fourth-order valence-electron chi connectivity index (χ4n) is 4.03. The summed E-state index contributed by atoms with van der Waals surface area (Å²) in [7, 11) is 0. The van der Waals surface area contributed by atoms with Crippen LogP contribution in [-0.4, -0.2) is 52.6 Å². The molecule has 5 nitrogen and oxygen atoms in total. The van der Waals surface area contributed by atoms with Crippen LogP contribution in [-0.2, 0) is 9.47 Å². The van der Waals surface area contributed by atoms with E-state index in [9.17, 15) is 9.90 Å². The molecule has 1 N–H and O–H groups in total. The molecule has 4 fully saturated rings. The predicted octanol–water partition coefficient (Wildman–Crippen LogP) is 0.118. The van der Waals surface area contributed by atoms with E-state index in [0.717, 1.165) is 6.42 Å². The molecular formula is C11H15NO4. The summed E-state index contributed by atoms with van der Waals surface area (Å²) in [6.07, 6.45) is 1.47. The number of fused-ring (bicyclic) bond motifs is 2. The molecule has 0 aromatic rings. The van der Waals surface area contributed by atoms with E-state index in [1.54, 1.807) is 0 Å². The standard InChI is InChI=1S/C11H15NO4/c1-2-15-10(14)12-7-4-5(13)3-6-8-9(16-8)11(6,7)12/h5-9,13H,2-4H2,1H3/t5?,6?,7?,8?,9-,11?,12?/m1/s1. The molecule has 1 amide bonds. The third kappa shape index (κ3) is 0.778. The molecule has 4 rings (SSSR count). The lowest BCUT2D eigenvalue weighted by Crippen LogP contribution is -2.54. The van der Waals surface area contributed by atoms with Gasteiger partial charge in [-0.1, -0.05) is 0 Å². The van der Waals surface area contributed by atoms with Crippen molar-refractivity contribution in [2.75, 3.05) is 6.61 Å². The second-order valence-corrected chi connectivity index (χ2v) is 5.23. The van der Waals surface area contributed by atoms with E-state index in [1.807, 2.05) is 11.8 Å². The average Bonchev–Trinajstić information content (AvgIpc) is 3.06. The van der Waals surface area contributed by atoms with Gasteiger partial charge in [0.05, 0.1) is 24.9 Å². The number of epoxide rings is 1. The minimum absolute atomic E-state index is 0.0872. The summed E-state index contributed by atoms with van der Waals surface area (Å²) in [6, 6.07) is 0.157. The largest absolute Gasteiger partial charge is 0.450 e. The van der Waals surface area contributed by atoms with Crippen molar-refractivity contribution in [3.05, 3.63) is 0 Å². The minimum atomic E-state index is -0.285. The molecule has 2 heterocycles. The van der Waals surface area contributed by atoms with Crippen molar-refractivity contribution in [3.8, 4) is 0 Å². The van der Waals surface area contributed by atoms with Crippen molar-refractivity contribution < 1.29 is 19.4 Å². The monoisotopic (exact) mass is 225 g/mol. The summed E-state index contributed by atoms with van der Waals surface area (Å²) in [5, 5.41) is 9.76. The van der Waals surface area contributed by atoms with Crippen LogP contribution in [0.15, 0.2) is 0 Å². The predicted molar refractivity (Wildman–Crippen MR) is 52.8 cm³/mol. The van der Waals surface area contributed by atoms with E-state index < -0.39 is 0 Å². The molecule has 16 heavy (non-hydrogen) atoms. The Morgan fingerprint density at radius 3 is 3.19 bits per heavy atom. The average molecular weight is 225 g/mol. The Labute approximate surface area is 93.3 Å². The number of rotatable bonds is 1. The summed E-state index contributed by atoms with van der Waals surface area (Å²) in [5.74, 6) is 0.343. The van der Waals surface area contributed by atoms with Gasteiger partial charge in [0.15, 0.2) is 0 Å². The lowest BCUT2D eigenvalue weighted by molar-refractivity contribution is 0.0702. The zero-order chi connectivity index (χ0) is 11.1. The fraction of sp³-hybridized carbons (Fsp3) is 0.909. The first-order valence-corrected chi connectivity index (χ1v) is 6.00. The van der Waals surface area contributed by atoms with Gasteiger partial charge in [-0.2, -0.15) is 0 Å². The molecule has 2 aliphatic carbocycles. The van der Waals surface area contributed by atoms with Gasteiger partial charge in [-0.15, -0.1) is 0 Å². The van der Waals surface area contributed by atoms with Gasteiger partial charge in [-0.25, -0.2) is 4.79 Å². The number of hydrogen-bond donors (Lipinski definition) is 1. The smallest absolute Gasteiger partial charge is 0.410 e. The number of aliphatic hydroxyl groups excluding tert-OH is 1. The number of nitrogens with zero attached hydrogens (tertiary/aromatic N) is 1. The molecule has 2 saturated heterocycles. The van der Waals surface area contributed by atoms with Gasteiger partial charge in [0, 0.05) is 5.92 Å². The molecule has 5 heteroatoms. The molecule has 0 radical (unpaired) electrons. The number of hydrogen-bond acceptors (Lipinski definition) is 4. The van der Waals surface area contributed by atoms with Crippen LogP contribution >= 0.6 is 0 Å². The Morgan fingerprint density at radius 1 is 1.62 bits per heavy atom. The fourth-order valence-corrected chi connectivity index (χ4v) is 4.03. The summed E-state index contributed by atoms with van der Waals surface area (Å²) < 4.78 is 10.6. The van der Waals surface area contributed by atoms with E-state index in [1.165, 1.54) is 0 Å². The van der Waals surface area contributed by atoms with Gasteiger partial charge in [0.1, 0.15) is 11.6 Å². The van der Waals surface area contributed by atoms with Crippen LogP contribution in [0.25, 0.3) is 0 Å². The molecule has 0 aromatic heterocycles. The lowest BCUT2D eigenvalue weighted by atomic mass is 9.64. The van der Waals surface area contributed by atoms with Gasteiger partial charge in [-0.3, -0.25) is 4.90 Å². The van der Waals surface area contributed by atoms with Crippen LogP contribution in [0.2, 0.25) is 0 Å². The molecule has 2 aliphatic heterocycles. The van der Waals surface area contributed by atoms with E-state index in [2.05, 4.69) is 0 Å². The van der Waals surface area contributed by atoms with Gasteiger partial charge in [-0.05, 0) is 19.8 Å². The molecule has 0 bridgehead atoms. The first kappa shape index (κ1) is 9.24. The Morgan fingerprint density at radius 2 is 2.44 bits per heavy atom. The van der Waals surface area contributed by atoms with Crippen molar-refractivity contribution in [2.45, 2.75) is 49.7 Å². The highest BCUT2D eigenvalue weighted by atomic mass is 16.6. The van der Waals surface area contributed by atoms with Crippen LogP contribution in [0.3, 0.4) is 0 Å². The number of amides is 1. The van der Waals surface area contributed by atoms with Crippen LogP contribution in [0, 0.1) is 5.92 Å². The van der Waals surface area contributed by atoms with Crippen molar-refractivity contribution >= 4 is 6.09 Å². The second kappa shape index (κ2) is 2.54. The van der Waals surface area contributed by atoms with Crippen LogP contribution in [0.5, 0.6) is 0 Å². The molecule has 1 spiro atoms. The zero-order valence-electron chi connectivity index (χ0n) is 9.13. The molecule has 2 saturated carbocycles. The number of carbonyl (C=O) groups is 1. The van der Waals surface area contributed by atoms with Gasteiger partial charge < -0.3 is 14.6 Å². The van der Waals surface area contributed by atoms with Crippen molar-refractivity contribution in [2.24, 2.45) is 5.92 Å². The molecule has 88 valence electrons. The quantitative estimate of drug-likeness (QED) is 0.644. The zero-order valence-corrected chi connectivity index (χ0v) is 9.13. The van der Waals surface area contributed by atoms with E-state index in [4.69, 9.17) is 9.47 Å². The summed E-state index contributed by atoms with van der Waals surface area (Å²) in [4.78, 5) is 13.6. The normalized spacial score (nSPS) is 55.4. The lowest BCUT2D eigenvalue weighted by Gasteiger charge is -2.36. The van der Waals surface area contributed by atoms with E-state index in [-0.39, 0.29) is 29.9 Å². The number of carbonyl (C=O) groups excluding carboxylic acids is 1. The number of likely N-dealkylation sites (tertiary alicyclic amines) is 1. The first-order chi connectivity index (χ1) is 7.71. The second-order valence-electron chi connectivity index (χ2n) is 5.23. The minimum Gasteiger partial charge on any atom is -0.450 e. The van der Waals surface area contributed by atoms with Crippen molar-refractivity contribution in [3.63, 3.8) is 0 Å². The Bertz CT molecular complexity index is 373. The van der Waals surface area contributed by atoms with Crippen molar-refractivity contribution in [1.82, 2.24) is 4.90 Å². The molecule has 5 unspecified atom stereocenters. The summed E-state index contributed by atoms with van der Waals surface area (Å²) in [5.41, 5.74) is -0.0872. The van der Waals surface area contributed by atoms with E-state index >= 15 is 0 Å². The highest BCUT2D eigenvalue weighted by molar-refractivity contribution is 5.76. The summed E-state index contributed by atoms with van der Waals surface area (Å²) in [6.45, 7) is 2.21. The highest BCUT2D eigenvalue weighted by Gasteiger charge is 2.90. The van der Waals surface area contributed by atoms with Crippen LogP contribution in [0.4, 0.5) is 4.79 Å². The van der Waals surface area contributed by atoms with Gasteiger partial charge in [0.25, 0.3) is 0 Å². The maximum atomic E-state index is 11.8. The molecule has 6 atom stereocenters. The molecule has 4 aliphatic rings. The van der Waals surface area contributed by atoms with E-state index in [0.29, 0.717) is 25.0 Å². The SMILES string of the molecule is CCOC(=O)N1C2CC(O)CC3C4O[C@H]4C321. The number of aliphatic hydroxyl groups is 1. The highest BCUT2D eigenvalue weighted by Crippen LogP contribution is 2.72. The maximum absolute atomic E-state index is 11.8. The molecule has 0 aromatic carbocycles. The molecular weight excluding hydrogens is 210 g/mol. The topological polar surface area (TPSA) is 62.1 Å². The van der Waals surface area contributed by atoms with Gasteiger partial charge >= 0.3 is 6.09 Å². The third-order valence-corrected chi connectivity index (χ3v) is 4.65.